The number of aromatic hydroxyl groups is 1. The Morgan fingerprint density at radius 1 is 1.05 bits per heavy atom. The first-order chi connectivity index (χ1) is 9.49. The molecule has 0 aliphatic carbocycles. The van der Waals surface area contributed by atoms with Crippen LogP contribution < -0.4 is 0 Å². The zero-order chi connectivity index (χ0) is 14.7. The van der Waals surface area contributed by atoms with Gasteiger partial charge in [-0.05, 0) is 11.6 Å². The zero-order valence-corrected chi connectivity index (χ0v) is 10.3. The Balaban J connectivity index is 2.35. The molecular formula is C15H11FO4. The Bertz CT molecular complexity index is 665. The minimum Gasteiger partial charge on any atom is -0.507 e. The van der Waals surface area contributed by atoms with E-state index < -0.39 is 28.9 Å². The van der Waals surface area contributed by atoms with Crippen LogP contribution in [0.4, 0.5) is 4.39 Å². The van der Waals surface area contributed by atoms with Crippen molar-refractivity contribution in [3.8, 4) is 5.75 Å². The van der Waals surface area contributed by atoms with E-state index in [0.717, 1.165) is 6.07 Å². The van der Waals surface area contributed by atoms with Crippen LogP contribution in [-0.2, 0) is 6.42 Å². The summed E-state index contributed by atoms with van der Waals surface area (Å²) in [5.74, 6) is -3.60. The lowest BCUT2D eigenvalue weighted by Crippen LogP contribution is -2.09. The second-order valence-corrected chi connectivity index (χ2v) is 4.24. The lowest BCUT2D eigenvalue weighted by Gasteiger charge is -2.06. The molecule has 2 aromatic carbocycles. The van der Waals surface area contributed by atoms with Gasteiger partial charge in [0.15, 0.2) is 5.78 Å². The molecule has 0 amide bonds. The van der Waals surface area contributed by atoms with Gasteiger partial charge in [-0.1, -0.05) is 30.3 Å². The molecule has 102 valence electrons. The first-order valence-corrected chi connectivity index (χ1v) is 5.82. The Morgan fingerprint density at radius 2 is 1.70 bits per heavy atom. The third-order valence-corrected chi connectivity index (χ3v) is 2.82. The fourth-order valence-corrected chi connectivity index (χ4v) is 1.82. The fraction of sp³-hybridized carbons (Fsp3) is 0.0667. The van der Waals surface area contributed by atoms with E-state index in [2.05, 4.69) is 0 Å². The summed E-state index contributed by atoms with van der Waals surface area (Å²) < 4.78 is 13.7. The van der Waals surface area contributed by atoms with Gasteiger partial charge in [0.1, 0.15) is 17.1 Å². The SMILES string of the molecule is O=C(O)c1cc(C(=O)Cc2ccccc2)c(F)cc1O. The number of halogens is 1. The minimum absolute atomic E-state index is 0.0401. The molecule has 0 radical (unpaired) electrons. The number of carbonyl (C=O) groups excluding carboxylic acids is 1. The Hall–Kier alpha value is -2.69. The predicted octanol–water partition coefficient (Wildman–Crippen LogP) is 2.65. The lowest BCUT2D eigenvalue weighted by molar-refractivity contribution is 0.0693. The monoisotopic (exact) mass is 274 g/mol. The number of hydrogen-bond acceptors (Lipinski definition) is 3. The Kier molecular flexibility index (Phi) is 3.79. The summed E-state index contributed by atoms with van der Waals surface area (Å²) >= 11 is 0. The molecule has 0 bridgehead atoms. The van der Waals surface area contributed by atoms with E-state index in [1.54, 1.807) is 30.3 Å². The number of ketones is 1. The molecule has 0 saturated carbocycles. The summed E-state index contributed by atoms with van der Waals surface area (Å²) in [5.41, 5.74) is -0.145. The molecule has 5 heteroatoms. The van der Waals surface area contributed by atoms with E-state index in [1.807, 2.05) is 0 Å². The van der Waals surface area contributed by atoms with Crippen LogP contribution in [0.15, 0.2) is 42.5 Å². The molecule has 0 aromatic heterocycles. The summed E-state index contributed by atoms with van der Waals surface area (Å²) in [5, 5.41) is 18.2. The van der Waals surface area contributed by atoms with E-state index in [-0.39, 0.29) is 12.0 Å². The largest absolute Gasteiger partial charge is 0.507 e. The van der Waals surface area contributed by atoms with Crippen LogP contribution in [0, 0.1) is 5.82 Å². The molecule has 0 atom stereocenters. The van der Waals surface area contributed by atoms with Crippen LogP contribution in [-0.4, -0.2) is 22.0 Å². The van der Waals surface area contributed by atoms with E-state index >= 15 is 0 Å². The number of phenols is 1. The van der Waals surface area contributed by atoms with Crippen LogP contribution in [0.2, 0.25) is 0 Å². The third kappa shape index (κ3) is 2.83. The van der Waals surface area contributed by atoms with Crippen molar-refractivity contribution in [2.24, 2.45) is 0 Å². The summed E-state index contributed by atoms with van der Waals surface area (Å²) in [7, 11) is 0. The maximum Gasteiger partial charge on any atom is 0.339 e. The number of hydrogen-bond donors (Lipinski definition) is 2. The molecule has 0 unspecified atom stereocenters. The molecule has 2 aromatic rings. The van der Waals surface area contributed by atoms with Gasteiger partial charge in [0.2, 0.25) is 0 Å². The molecule has 0 spiro atoms. The number of benzene rings is 2. The van der Waals surface area contributed by atoms with E-state index in [9.17, 15) is 19.1 Å². The molecule has 0 saturated heterocycles. The van der Waals surface area contributed by atoms with Gasteiger partial charge >= 0.3 is 5.97 Å². The maximum atomic E-state index is 13.7. The van der Waals surface area contributed by atoms with Crippen LogP contribution in [0.5, 0.6) is 5.75 Å². The molecular weight excluding hydrogens is 263 g/mol. The quantitative estimate of drug-likeness (QED) is 0.840. The lowest BCUT2D eigenvalue weighted by atomic mass is 10.00. The zero-order valence-electron chi connectivity index (χ0n) is 10.3. The van der Waals surface area contributed by atoms with Gasteiger partial charge in [-0.15, -0.1) is 0 Å². The molecule has 0 aliphatic rings. The number of carbonyl (C=O) groups is 2. The minimum atomic E-state index is -1.42. The number of rotatable bonds is 4. The first kappa shape index (κ1) is 13.7. The maximum absolute atomic E-state index is 13.7. The molecule has 0 aliphatic heterocycles. The van der Waals surface area contributed by atoms with Gasteiger partial charge in [-0.25, -0.2) is 9.18 Å². The summed E-state index contributed by atoms with van der Waals surface area (Å²) in [6.45, 7) is 0. The van der Waals surface area contributed by atoms with E-state index in [4.69, 9.17) is 5.11 Å². The average Bonchev–Trinajstić information content (AvgIpc) is 2.39. The van der Waals surface area contributed by atoms with E-state index in [0.29, 0.717) is 11.6 Å². The second kappa shape index (κ2) is 5.52. The first-order valence-electron chi connectivity index (χ1n) is 5.82. The van der Waals surface area contributed by atoms with Crippen molar-refractivity contribution in [1.82, 2.24) is 0 Å². The van der Waals surface area contributed by atoms with Gasteiger partial charge in [0.25, 0.3) is 0 Å². The number of carboxylic acid groups (broad SMARTS) is 1. The van der Waals surface area contributed by atoms with Crippen LogP contribution in [0.3, 0.4) is 0 Å². The highest BCUT2D eigenvalue weighted by molar-refractivity contribution is 6.01. The van der Waals surface area contributed by atoms with Gasteiger partial charge in [0, 0.05) is 12.5 Å². The molecule has 0 heterocycles. The van der Waals surface area contributed by atoms with Crippen molar-refractivity contribution < 1.29 is 24.2 Å². The Morgan fingerprint density at radius 3 is 2.30 bits per heavy atom. The summed E-state index contributed by atoms with van der Waals surface area (Å²) in [6, 6.07) is 10.2. The van der Waals surface area contributed by atoms with Gasteiger partial charge in [-0.3, -0.25) is 4.79 Å². The number of carboxylic acids is 1. The Labute approximate surface area is 114 Å². The van der Waals surface area contributed by atoms with Crippen molar-refractivity contribution in [2.45, 2.75) is 6.42 Å². The molecule has 2 N–H and O–H groups in total. The smallest absolute Gasteiger partial charge is 0.339 e. The second-order valence-electron chi connectivity index (χ2n) is 4.24. The van der Waals surface area contributed by atoms with Gasteiger partial charge in [0.05, 0.1) is 5.56 Å². The highest BCUT2D eigenvalue weighted by atomic mass is 19.1. The molecule has 2 rings (SSSR count). The fourth-order valence-electron chi connectivity index (χ4n) is 1.82. The van der Waals surface area contributed by atoms with Crippen molar-refractivity contribution in [1.29, 1.82) is 0 Å². The van der Waals surface area contributed by atoms with Crippen molar-refractivity contribution >= 4 is 11.8 Å². The molecule has 4 nitrogen and oxygen atoms in total. The molecule has 0 fully saturated rings. The number of aromatic carboxylic acids is 1. The normalized spacial score (nSPS) is 10.2. The van der Waals surface area contributed by atoms with Crippen LogP contribution in [0.25, 0.3) is 0 Å². The standard InChI is InChI=1S/C15H11FO4/c16-12-8-14(18)11(15(19)20)7-10(12)13(17)6-9-4-2-1-3-5-9/h1-5,7-8,18H,6H2,(H,19,20). The van der Waals surface area contributed by atoms with Crippen molar-refractivity contribution in [2.75, 3.05) is 0 Å². The third-order valence-electron chi connectivity index (χ3n) is 2.82. The highest BCUT2D eigenvalue weighted by Gasteiger charge is 2.19. The van der Waals surface area contributed by atoms with Crippen LogP contribution in [0.1, 0.15) is 26.3 Å². The predicted molar refractivity (Wildman–Crippen MR) is 69.5 cm³/mol. The highest BCUT2D eigenvalue weighted by Crippen LogP contribution is 2.23. The van der Waals surface area contributed by atoms with Crippen LogP contribution >= 0.6 is 0 Å². The molecule has 20 heavy (non-hydrogen) atoms. The van der Waals surface area contributed by atoms with Crippen molar-refractivity contribution in [3.05, 3.63) is 65.0 Å². The topological polar surface area (TPSA) is 74.6 Å². The number of Topliss-reactive ketones (excluding diaryl/α,β-unsaturated/α-hetero) is 1. The van der Waals surface area contributed by atoms with E-state index in [1.165, 1.54) is 0 Å². The summed E-state index contributed by atoms with van der Waals surface area (Å²) in [6.07, 6.45) is -0.0401. The van der Waals surface area contributed by atoms with Gasteiger partial charge in [-0.2, -0.15) is 0 Å². The van der Waals surface area contributed by atoms with Gasteiger partial charge < -0.3 is 10.2 Å². The summed E-state index contributed by atoms with van der Waals surface area (Å²) in [4.78, 5) is 22.9. The van der Waals surface area contributed by atoms with Crippen molar-refractivity contribution in [3.63, 3.8) is 0 Å². The average molecular weight is 274 g/mol.